The molecule has 5 nitrogen and oxygen atoms in total. The molecule has 1 aliphatic carbocycles. The minimum Gasteiger partial charge on any atom is -0.454 e. The smallest absolute Gasteiger partial charge is 0.231 e. The topological polar surface area (TPSA) is 54.9 Å². The highest BCUT2D eigenvalue weighted by Crippen LogP contribution is 2.40. The molecule has 2 aromatic rings. The molecule has 1 aliphatic heterocycles. The van der Waals surface area contributed by atoms with Crippen LogP contribution < -0.4 is 20.1 Å². The fraction of sp³-hybridized carbons (Fsp3) is 0.381. The van der Waals surface area contributed by atoms with Crippen molar-refractivity contribution >= 4 is 29.9 Å². The Labute approximate surface area is 177 Å². The van der Waals surface area contributed by atoms with E-state index in [1.54, 1.807) is 0 Å². The van der Waals surface area contributed by atoms with Crippen molar-refractivity contribution in [2.24, 2.45) is 4.99 Å². The molecule has 2 unspecified atom stereocenters. The van der Waals surface area contributed by atoms with Crippen LogP contribution in [0.2, 0.25) is 0 Å². The molecule has 0 radical (unpaired) electrons. The standard InChI is InChI=1S/C21H25N3O2.HI/c1-2-22-21(24-18-13-17(18)16-6-4-3-5-7-16)23-11-10-15-8-9-19-20(12-15)26-14-25-19;/h3-9,12,17-18H,2,10-11,13-14H2,1H3,(H2,22,23,24);1H. The van der Waals surface area contributed by atoms with Crippen molar-refractivity contribution in [3.8, 4) is 11.5 Å². The molecule has 0 aromatic heterocycles. The highest BCUT2D eigenvalue weighted by molar-refractivity contribution is 14.0. The monoisotopic (exact) mass is 479 g/mol. The number of nitrogens with zero attached hydrogens (tertiary/aromatic N) is 1. The van der Waals surface area contributed by atoms with Gasteiger partial charge in [-0.15, -0.1) is 24.0 Å². The van der Waals surface area contributed by atoms with E-state index < -0.39 is 0 Å². The first-order chi connectivity index (χ1) is 12.8. The summed E-state index contributed by atoms with van der Waals surface area (Å²) in [5, 5.41) is 6.91. The maximum atomic E-state index is 5.44. The second-order valence-corrected chi connectivity index (χ2v) is 6.70. The zero-order valence-electron chi connectivity index (χ0n) is 15.5. The molecule has 27 heavy (non-hydrogen) atoms. The Bertz CT molecular complexity index is 782. The molecule has 2 aliphatic rings. The predicted molar refractivity (Wildman–Crippen MR) is 118 cm³/mol. The van der Waals surface area contributed by atoms with Gasteiger partial charge in [0.05, 0.1) is 0 Å². The predicted octanol–water partition coefficient (Wildman–Crippen LogP) is 3.69. The number of nitrogens with one attached hydrogen (secondary N) is 2. The van der Waals surface area contributed by atoms with Crippen LogP contribution in [0.3, 0.4) is 0 Å². The van der Waals surface area contributed by atoms with Crippen LogP contribution >= 0.6 is 24.0 Å². The molecular formula is C21H26IN3O2. The maximum Gasteiger partial charge on any atom is 0.231 e. The summed E-state index contributed by atoms with van der Waals surface area (Å²) in [5.41, 5.74) is 2.61. The average molecular weight is 479 g/mol. The molecule has 0 amide bonds. The number of hydrogen-bond donors (Lipinski definition) is 2. The van der Waals surface area contributed by atoms with E-state index in [9.17, 15) is 0 Å². The molecule has 2 N–H and O–H groups in total. The number of guanidine groups is 1. The van der Waals surface area contributed by atoms with Gasteiger partial charge in [0.2, 0.25) is 6.79 Å². The summed E-state index contributed by atoms with van der Waals surface area (Å²) in [6.07, 6.45) is 2.04. The molecule has 4 rings (SSSR count). The summed E-state index contributed by atoms with van der Waals surface area (Å²) >= 11 is 0. The number of benzene rings is 2. The highest BCUT2D eigenvalue weighted by Gasteiger charge is 2.38. The first-order valence-corrected chi connectivity index (χ1v) is 9.32. The lowest BCUT2D eigenvalue weighted by Crippen LogP contribution is -2.39. The van der Waals surface area contributed by atoms with Crippen molar-refractivity contribution in [2.45, 2.75) is 31.7 Å². The van der Waals surface area contributed by atoms with Gasteiger partial charge in [-0.05, 0) is 43.0 Å². The molecule has 1 heterocycles. The van der Waals surface area contributed by atoms with Gasteiger partial charge in [-0.2, -0.15) is 0 Å². The molecule has 2 atom stereocenters. The second-order valence-electron chi connectivity index (χ2n) is 6.70. The van der Waals surface area contributed by atoms with Crippen LogP contribution in [0.25, 0.3) is 0 Å². The molecule has 1 fully saturated rings. The van der Waals surface area contributed by atoms with Gasteiger partial charge in [-0.25, -0.2) is 0 Å². The minimum absolute atomic E-state index is 0. The van der Waals surface area contributed by atoms with E-state index in [1.165, 1.54) is 11.1 Å². The molecular weight excluding hydrogens is 453 g/mol. The fourth-order valence-electron chi connectivity index (χ4n) is 3.31. The third-order valence-corrected chi connectivity index (χ3v) is 4.79. The lowest BCUT2D eigenvalue weighted by molar-refractivity contribution is 0.174. The summed E-state index contributed by atoms with van der Waals surface area (Å²) in [6, 6.07) is 17.3. The van der Waals surface area contributed by atoms with Gasteiger partial charge >= 0.3 is 0 Å². The van der Waals surface area contributed by atoms with Crippen LogP contribution in [0.1, 0.15) is 30.4 Å². The Morgan fingerprint density at radius 2 is 1.93 bits per heavy atom. The number of rotatable bonds is 6. The van der Waals surface area contributed by atoms with Gasteiger partial charge in [0.15, 0.2) is 17.5 Å². The summed E-state index contributed by atoms with van der Waals surface area (Å²) in [4.78, 5) is 4.73. The van der Waals surface area contributed by atoms with Gasteiger partial charge in [-0.1, -0.05) is 36.4 Å². The molecule has 144 valence electrons. The normalized spacial score (nSPS) is 20.0. The second kappa shape index (κ2) is 9.30. The minimum atomic E-state index is 0. The van der Waals surface area contributed by atoms with Crippen LogP contribution in [0.15, 0.2) is 53.5 Å². The molecule has 0 bridgehead atoms. The third-order valence-electron chi connectivity index (χ3n) is 4.79. The van der Waals surface area contributed by atoms with Crippen LogP contribution in [-0.2, 0) is 6.42 Å². The Morgan fingerprint density at radius 1 is 1.11 bits per heavy atom. The van der Waals surface area contributed by atoms with Crippen molar-refractivity contribution in [2.75, 3.05) is 19.9 Å². The van der Waals surface area contributed by atoms with Gasteiger partial charge in [-0.3, -0.25) is 4.99 Å². The summed E-state index contributed by atoms with van der Waals surface area (Å²) in [6.45, 7) is 4.00. The zero-order valence-corrected chi connectivity index (χ0v) is 17.8. The third kappa shape index (κ3) is 5.06. The van der Waals surface area contributed by atoms with Gasteiger partial charge < -0.3 is 20.1 Å². The van der Waals surface area contributed by atoms with E-state index in [2.05, 4.69) is 54.0 Å². The van der Waals surface area contributed by atoms with Gasteiger partial charge in [0.25, 0.3) is 0 Å². The number of ether oxygens (including phenoxy) is 2. The number of fused-ring (bicyclic) bond motifs is 1. The molecule has 2 aromatic carbocycles. The van der Waals surface area contributed by atoms with Crippen molar-refractivity contribution in [3.63, 3.8) is 0 Å². The van der Waals surface area contributed by atoms with E-state index in [1.807, 2.05) is 12.1 Å². The zero-order chi connectivity index (χ0) is 17.8. The molecule has 1 saturated carbocycles. The first kappa shape index (κ1) is 19.8. The molecule has 0 spiro atoms. The highest BCUT2D eigenvalue weighted by atomic mass is 127. The van der Waals surface area contributed by atoms with E-state index in [0.717, 1.165) is 43.4 Å². The van der Waals surface area contributed by atoms with Crippen molar-refractivity contribution < 1.29 is 9.47 Å². The summed E-state index contributed by atoms with van der Waals surface area (Å²) < 4.78 is 10.8. The Morgan fingerprint density at radius 3 is 2.74 bits per heavy atom. The average Bonchev–Trinajstić information content (AvgIpc) is 3.27. The largest absolute Gasteiger partial charge is 0.454 e. The van der Waals surface area contributed by atoms with Crippen molar-refractivity contribution in [3.05, 3.63) is 59.7 Å². The Balaban J connectivity index is 0.00000210. The van der Waals surface area contributed by atoms with E-state index in [4.69, 9.17) is 14.5 Å². The van der Waals surface area contributed by atoms with Crippen LogP contribution in [0.5, 0.6) is 11.5 Å². The molecule has 6 heteroatoms. The van der Waals surface area contributed by atoms with E-state index in [0.29, 0.717) is 18.8 Å². The van der Waals surface area contributed by atoms with Crippen LogP contribution in [-0.4, -0.2) is 31.9 Å². The van der Waals surface area contributed by atoms with Gasteiger partial charge in [0.1, 0.15) is 0 Å². The molecule has 0 saturated heterocycles. The first-order valence-electron chi connectivity index (χ1n) is 9.32. The number of halogens is 1. The van der Waals surface area contributed by atoms with E-state index >= 15 is 0 Å². The Hall–Kier alpha value is -1.96. The quantitative estimate of drug-likeness (QED) is 0.377. The summed E-state index contributed by atoms with van der Waals surface area (Å²) in [5.74, 6) is 3.15. The van der Waals surface area contributed by atoms with Crippen molar-refractivity contribution in [1.82, 2.24) is 10.6 Å². The summed E-state index contributed by atoms with van der Waals surface area (Å²) in [7, 11) is 0. The Kier molecular flexibility index (Phi) is 6.82. The van der Waals surface area contributed by atoms with Crippen molar-refractivity contribution in [1.29, 1.82) is 0 Å². The van der Waals surface area contributed by atoms with Gasteiger partial charge in [0, 0.05) is 25.0 Å². The fourth-order valence-corrected chi connectivity index (χ4v) is 3.31. The maximum absolute atomic E-state index is 5.44. The number of aliphatic imine (C=N–C) groups is 1. The number of hydrogen-bond acceptors (Lipinski definition) is 3. The lowest BCUT2D eigenvalue weighted by Gasteiger charge is -2.11. The van der Waals surface area contributed by atoms with E-state index in [-0.39, 0.29) is 24.0 Å². The van der Waals surface area contributed by atoms with Crippen LogP contribution in [0, 0.1) is 0 Å². The van der Waals surface area contributed by atoms with Crippen LogP contribution in [0.4, 0.5) is 0 Å². The SMILES string of the molecule is CCNC(=NCCc1ccc2c(c1)OCO2)NC1CC1c1ccccc1.I. The lowest BCUT2D eigenvalue weighted by atomic mass is 10.1.